The number of thiazole rings is 1. The maximum Gasteiger partial charge on any atom is 0.267 e. The van der Waals surface area contributed by atoms with Crippen LogP contribution >= 0.6 is 34.5 Å². The Hall–Kier alpha value is -1.75. The first kappa shape index (κ1) is 14.8. The highest BCUT2D eigenvalue weighted by Crippen LogP contribution is 2.40. The molecule has 0 unspecified atom stereocenters. The number of hydrogen-bond donors (Lipinski definition) is 0. The predicted octanol–water partition coefficient (Wildman–Crippen LogP) is 4.86. The van der Waals surface area contributed by atoms with Crippen LogP contribution in [0.5, 0.6) is 5.75 Å². The molecule has 0 fully saturated rings. The Labute approximate surface area is 147 Å². The Morgan fingerprint density at radius 1 is 1.13 bits per heavy atom. The molecule has 6 heteroatoms. The number of nitrogens with zero attached hydrogens (tertiary/aromatic N) is 2. The van der Waals surface area contributed by atoms with Gasteiger partial charge in [0.2, 0.25) is 11.4 Å². The predicted molar refractivity (Wildman–Crippen MR) is 96.5 cm³/mol. The summed E-state index contributed by atoms with van der Waals surface area (Å²) >= 11 is 13.9. The van der Waals surface area contributed by atoms with Gasteiger partial charge in [0.05, 0.1) is 11.8 Å². The molecule has 116 valence electrons. The summed E-state index contributed by atoms with van der Waals surface area (Å²) in [6, 6.07) is 11.6. The van der Waals surface area contributed by atoms with Crippen molar-refractivity contribution in [3.8, 4) is 5.75 Å². The van der Waals surface area contributed by atoms with E-state index in [0.29, 0.717) is 5.02 Å². The lowest BCUT2D eigenvalue weighted by Crippen LogP contribution is -2.29. The average molecular weight is 364 g/mol. The number of halogens is 2. The van der Waals surface area contributed by atoms with Crippen molar-refractivity contribution in [2.75, 3.05) is 11.9 Å². The van der Waals surface area contributed by atoms with Gasteiger partial charge in [-0.3, -0.25) is 0 Å². The van der Waals surface area contributed by atoms with Crippen molar-refractivity contribution in [2.24, 2.45) is 7.05 Å². The molecule has 4 rings (SSSR count). The van der Waals surface area contributed by atoms with Crippen LogP contribution in [0.1, 0.15) is 5.01 Å². The van der Waals surface area contributed by atoms with Crippen LogP contribution in [0.25, 0.3) is 16.3 Å². The molecule has 0 aliphatic carbocycles. The minimum Gasteiger partial charge on any atom is -0.438 e. The molecule has 0 amide bonds. The molecule has 0 N–H and O–H groups in total. The first-order valence-corrected chi connectivity index (χ1v) is 8.61. The zero-order valence-corrected chi connectivity index (χ0v) is 14.8. The number of anilines is 1. The summed E-state index contributed by atoms with van der Waals surface area (Å²) in [6.07, 6.45) is 2.03. The monoisotopic (exact) mass is 363 g/mol. The first-order valence-electron chi connectivity index (χ1n) is 7.04. The second kappa shape index (κ2) is 5.41. The maximum atomic E-state index is 6.10. The molecule has 2 heterocycles. The molecule has 0 bridgehead atoms. The van der Waals surface area contributed by atoms with Crippen molar-refractivity contribution in [2.45, 2.75) is 0 Å². The topological polar surface area (TPSA) is 16.4 Å². The highest BCUT2D eigenvalue weighted by atomic mass is 35.5. The zero-order valence-electron chi connectivity index (χ0n) is 12.5. The Kier molecular flexibility index (Phi) is 3.48. The summed E-state index contributed by atoms with van der Waals surface area (Å²) in [4.78, 5) is 2.00. The lowest BCUT2D eigenvalue weighted by atomic mass is 10.3. The highest BCUT2D eigenvalue weighted by molar-refractivity contribution is 7.18. The largest absolute Gasteiger partial charge is 0.438 e. The second-order valence-electron chi connectivity index (χ2n) is 5.37. The smallest absolute Gasteiger partial charge is 0.267 e. The standard InChI is InChI=1S/C17H13Cl2N2OS/c1-20-12-7-10(18)3-5-14(12)22-16(20)9-17-21(2)13-8-11(19)4-6-15(13)23-17/h3-9H,1-2H3/q+1. The van der Waals surface area contributed by atoms with Gasteiger partial charge in [0.15, 0.2) is 5.75 Å². The number of benzene rings is 2. The van der Waals surface area contributed by atoms with Gasteiger partial charge in [0.25, 0.3) is 5.01 Å². The van der Waals surface area contributed by atoms with E-state index in [1.54, 1.807) is 11.3 Å². The molecular formula is C17H13Cl2N2OS+. The molecular weight excluding hydrogens is 351 g/mol. The van der Waals surface area contributed by atoms with Crippen molar-refractivity contribution in [1.29, 1.82) is 0 Å². The normalized spacial score (nSPS) is 15.3. The van der Waals surface area contributed by atoms with E-state index in [0.717, 1.165) is 32.9 Å². The number of aryl methyl sites for hydroxylation is 1. The molecule has 0 spiro atoms. The van der Waals surface area contributed by atoms with E-state index in [-0.39, 0.29) is 0 Å². The number of ether oxygens (including phenoxy) is 1. The van der Waals surface area contributed by atoms with Gasteiger partial charge < -0.3 is 9.64 Å². The van der Waals surface area contributed by atoms with E-state index in [1.165, 1.54) is 4.70 Å². The van der Waals surface area contributed by atoms with Gasteiger partial charge in [-0.2, -0.15) is 4.57 Å². The Bertz CT molecular complexity index is 965. The number of rotatable bonds is 1. The fourth-order valence-electron chi connectivity index (χ4n) is 2.64. The van der Waals surface area contributed by atoms with Gasteiger partial charge in [-0.1, -0.05) is 34.5 Å². The Morgan fingerprint density at radius 3 is 2.70 bits per heavy atom. The van der Waals surface area contributed by atoms with E-state index in [4.69, 9.17) is 27.9 Å². The fourth-order valence-corrected chi connectivity index (χ4v) is 4.03. The van der Waals surface area contributed by atoms with E-state index >= 15 is 0 Å². The summed E-state index contributed by atoms with van der Waals surface area (Å²) < 4.78 is 9.25. The molecule has 1 aromatic heterocycles. The van der Waals surface area contributed by atoms with Gasteiger partial charge in [-0.25, -0.2) is 0 Å². The molecule has 0 saturated carbocycles. The zero-order chi connectivity index (χ0) is 16.1. The SMILES string of the molecule is CN1C(=Cc2sc3ccc(Cl)cc3[n+]2C)Oc2ccc(Cl)cc21. The van der Waals surface area contributed by atoms with Gasteiger partial charge >= 0.3 is 0 Å². The van der Waals surface area contributed by atoms with Gasteiger partial charge in [-0.05, 0) is 30.3 Å². The minimum absolute atomic E-state index is 0.697. The van der Waals surface area contributed by atoms with E-state index in [2.05, 4.69) is 4.57 Å². The average Bonchev–Trinajstić information content (AvgIpc) is 2.99. The van der Waals surface area contributed by atoms with Gasteiger partial charge in [-0.15, -0.1) is 0 Å². The number of aromatic nitrogens is 1. The third-order valence-corrected chi connectivity index (χ3v) is 5.54. The summed E-state index contributed by atoms with van der Waals surface area (Å²) in [7, 11) is 4.00. The Morgan fingerprint density at radius 2 is 1.87 bits per heavy atom. The molecule has 3 nitrogen and oxygen atoms in total. The number of hydrogen-bond acceptors (Lipinski definition) is 3. The molecule has 1 aliphatic heterocycles. The van der Waals surface area contributed by atoms with Crippen LogP contribution in [0, 0.1) is 0 Å². The molecule has 0 atom stereocenters. The van der Waals surface area contributed by atoms with Crippen molar-refractivity contribution in [1.82, 2.24) is 0 Å². The van der Waals surface area contributed by atoms with Crippen LogP contribution in [0.3, 0.4) is 0 Å². The second-order valence-corrected chi connectivity index (χ2v) is 7.30. The summed E-state index contributed by atoms with van der Waals surface area (Å²) in [5, 5.41) is 2.52. The van der Waals surface area contributed by atoms with Crippen LogP contribution in [-0.2, 0) is 7.05 Å². The van der Waals surface area contributed by atoms with Crippen LogP contribution < -0.4 is 14.2 Å². The van der Waals surface area contributed by atoms with Crippen LogP contribution in [0.15, 0.2) is 42.3 Å². The van der Waals surface area contributed by atoms with E-state index in [9.17, 15) is 0 Å². The molecule has 3 aromatic rings. The van der Waals surface area contributed by atoms with Crippen LogP contribution in [0.2, 0.25) is 10.0 Å². The van der Waals surface area contributed by atoms with Gasteiger partial charge in [0, 0.05) is 23.2 Å². The molecule has 0 saturated heterocycles. The third kappa shape index (κ3) is 2.47. The first-order chi connectivity index (χ1) is 11.0. The van der Waals surface area contributed by atoms with E-state index in [1.807, 2.05) is 61.5 Å². The van der Waals surface area contributed by atoms with Crippen LogP contribution in [-0.4, -0.2) is 7.05 Å². The molecule has 0 radical (unpaired) electrons. The third-order valence-electron chi connectivity index (χ3n) is 3.90. The maximum absolute atomic E-state index is 6.10. The fraction of sp³-hybridized carbons (Fsp3) is 0.118. The molecule has 23 heavy (non-hydrogen) atoms. The summed E-state index contributed by atoms with van der Waals surface area (Å²) in [6.45, 7) is 0. The van der Waals surface area contributed by atoms with Crippen LogP contribution in [0.4, 0.5) is 5.69 Å². The highest BCUT2D eigenvalue weighted by Gasteiger charge is 2.25. The van der Waals surface area contributed by atoms with Crippen molar-refractivity contribution >= 4 is 56.5 Å². The lowest BCUT2D eigenvalue weighted by Gasteiger charge is -2.09. The quantitative estimate of drug-likeness (QED) is 0.574. The van der Waals surface area contributed by atoms with Crippen molar-refractivity contribution in [3.63, 3.8) is 0 Å². The summed E-state index contributed by atoms with van der Waals surface area (Å²) in [5.74, 6) is 1.59. The Balaban J connectivity index is 1.79. The molecule has 1 aliphatic rings. The molecule has 2 aromatic carbocycles. The minimum atomic E-state index is 0.697. The van der Waals surface area contributed by atoms with E-state index < -0.39 is 0 Å². The number of fused-ring (bicyclic) bond motifs is 2. The summed E-state index contributed by atoms with van der Waals surface area (Å²) in [5.41, 5.74) is 2.08. The van der Waals surface area contributed by atoms with Crippen molar-refractivity contribution < 1.29 is 9.30 Å². The lowest BCUT2D eigenvalue weighted by molar-refractivity contribution is -0.642. The van der Waals surface area contributed by atoms with Gasteiger partial charge in [0.1, 0.15) is 11.7 Å². The van der Waals surface area contributed by atoms with Crippen molar-refractivity contribution in [3.05, 3.63) is 57.3 Å².